The van der Waals surface area contributed by atoms with Crippen molar-refractivity contribution in [2.24, 2.45) is 0 Å². The van der Waals surface area contributed by atoms with Gasteiger partial charge in [-0.3, -0.25) is 4.98 Å². The van der Waals surface area contributed by atoms with Crippen LogP contribution in [0.15, 0.2) is 42.7 Å². The molecule has 2 aromatic heterocycles. The molecule has 106 valence electrons. The van der Waals surface area contributed by atoms with Crippen LogP contribution in [0.4, 0.5) is 5.82 Å². The van der Waals surface area contributed by atoms with Crippen molar-refractivity contribution in [3.05, 3.63) is 48.3 Å². The normalized spacial score (nSPS) is 10.6. The van der Waals surface area contributed by atoms with E-state index in [4.69, 9.17) is 10.5 Å². The van der Waals surface area contributed by atoms with Crippen LogP contribution in [0.2, 0.25) is 0 Å². The summed E-state index contributed by atoms with van der Waals surface area (Å²) in [4.78, 5) is 4.07. The van der Waals surface area contributed by atoms with Gasteiger partial charge in [0.1, 0.15) is 17.1 Å². The summed E-state index contributed by atoms with van der Waals surface area (Å²) in [6, 6.07) is 9.54. The molecule has 0 bridgehead atoms. The molecule has 21 heavy (non-hydrogen) atoms. The summed E-state index contributed by atoms with van der Waals surface area (Å²) in [5.41, 5.74) is 9.47. The van der Waals surface area contributed by atoms with Crippen LogP contribution < -0.4 is 10.5 Å². The van der Waals surface area contributed by atoms with Gasteiger partial charge in [0.2, 0.25) is 0 Å². The topological polar surface area (TPSA) is 78.8 Å². The van der Waals surface area contributed by atoms with Crippen LogP contribution in [0.25, 0.3) is 16.9 Å². The number of nitrogens with two attached hydrogens (primary N) is 1. The fourth-order valence-corrected chi connectivity index (χ4v) is 2.14. The number of hydrogen-bond donors (Lipinski definition) is 1. The van der Waals surface area contributed by atoms with Gasteiger partial charge in [-0.15, -0.1) is 5.10 Å². The average Bonchev–Trinajstić information content (AvgIpc) is 2.89. The van der Waals surface area contributed by atoms with E-state index < -0.39 is 0 Å². The van der Waals surface area contributed by atoms with Gasteiger partial charge in [-0.2, -0.15) is 4.68 Å². The van der Waals surface area contributed by atoms with E-state index in [0.717, 1.165) is 16.8 Å². The van der Waals surface area contributed by atoms with Gasteiger partial charge in [0.05, 0.1) is 7.11 Å². The molecule has 0 atom stereocenters. The molecule has 0 amide bonds. The first-order valence-electron chi connectivity index (χ1n) is 6.47. The maximum absolute atomic E-state index is 6.20. The summed E-state index contributed by atoms with van der Waals surface area (Å²) >= 11 is 0. The van der Waals surface area contributed by atoms with Crippen LogP contribution >= 0.6 is 0 Å². The van der Waals surface area contributed by atoms with Gasteiger partial charge in [-0.1, -0.05) is 11.3 Å². The van der Waals surface area contributed by atoms with Gasteiger partial charge in [0.15, 0.2) is 5.82 Å². The average molecular weight is 281 g/mol. The zero-order chi connectivity index (χ0) is 14.8. The van der Waals surface area contributed by atoms with Crippen LogP contribution in [0.1, 0.15) is 5.56 Å². The summed E-state index contributed by atoms with van der Waals surface area (Å²) in [5, 5.41) is 8.31. The minimum absolute atomic E-state index is 0.451. The number of aromatic nitrogens is 4. The highest BCUT2D eigenvalue weighted by Gasteiger charge is 2.16. The second kappa shape index (κ2) is 5.24. The minimum Gasteiger partial charge on any atom is -0.494 e. The third-order valence-electron chi connectivity index (χ3n) is 3.20. The van der Waals surface area contributed by atoms with Crippen LogP contribution in [-0.4, -0.2) is 27.1 Å². The first kappa shape index (κ1) is 13.1. The molecular formula is C15H15N5O. The SMILES string of the molecule is COc1ccc(C)cc1-n1nnc(-c2cccnc2)c1N. The quantitative estimate of drug-likeness (QED) is 0.796. The van der Waals surface area contributed by atoms with Crippen molar-refractivity contribution in [3.63, 3.8) is 0 Å². The second-order valence-corrected chi connectivity index (χ2v) is 4.65. The van der Waals surface area contributed by atoms with Crippen LogP contribution in [0, 0.1) is 6.92 Å². The Morgan fingerprint density at radius 2 is 2.10 bits per heavy atom. The third-order valence-corrected chi connectivity index (χ3v) is 3.20. The highest BCUT2D eigenvalue weighted by atomic mass is 16.5. The molecule has 0 fully saturated rings. The fraction of sp³-hybridized carbons (Fsp3) is 0.133. The maximum atomic E-state index is 6.20. The van der Waals surface area contributed by atoms with Crippen molar-refractivity contribution in [2.45, 2.75) is 6.92 Å². The van der Waals surface area contributed by atoms with Crippen LogP contribution in [-0.2, 0) is 0 Å². The molecule has 3 aromatic rings. The summed E-state index contributed by atoms with van der Waals surface area (Å²) in [6.07, 6.45) is 3.41. The first-order valence-corrected chi connectivity index (χ1v) is 6.47. The Bertz CT molecular complexity index is 767. The number of rotatable bonds is 3. The number of methoxy groups -OCH3 is 1. The van der Waals surface area contributed by atoms with E-state index in [1.165, 1.54) is 0 Å². The Morgan fingerprint density at radius 3 is 2.81 bits per heavy atom. The molecular weight excluding hydrogens is 266 g/mol. The predicted molar refractivity (Wildman–Crippen MR) is 80.3 cm³/mol. The smallest absolute Gasteiger partial charge is 0.156 e. The molecule has 3 rings (SSSR count). The molecule has 0 spiro atoms. The zero-order valence-electron chi connectivity index (χ0n) is 11.8. The molecule has 1 aromatic carbocycles. The zero-order valence-corrected chi connectivity index (χ0v) is 11.8. The molecule has 0 unspecified atom stereocenters. The Morgan fingerprint density at radius 1 is 1.24 bits per heavy atom. The van der Waals surface area contributed by atoms with Crippen molar-refractivity contribution in [3.8, 4) is 22.7 Å². The number of anilines is 1. The summed E-state index contributed by atoms with van der Waals surface area (Å²) in [6.45, 7) is 2.00. The number of pyridine rings is 1. The van der Waals surface area contributed by atoms with Crippen molar-refractivity contribution < 1.29 is 4.74 Å². The Labute approximate surface area is 122 Å². The first-order chi connectivity index (χ1) is 10.2. The number of benzene rings is 1. The number of nitrogen functional groups attached to an aromatic ring is 1. The van der Waals surface area contributed by atoms with E-state index in [2.05, 4.69) is 15.3 Å². The Balaban J connectivity index is 2.14. The monoisotopic (exact) mass is 281 g/mol. The van der Waals surface area contributed by atoms with Gasteiger partial charge in [-0.05, 0) is 36.8 Å². The van der Waals surface area contributed by atoms with Gasteiger partial charge in [-0.25, -0.2) is 0 Å². The molecule has 0 aliphatic carbocycles. The van der Waals surface area contributed by atoms with Crippen molar-refractivity contribution in [2.75, 3.05) is 12.8 Å². The van der Waals surface area contributed by atoms with Gasteiger partial charge in [0, 0.05) is 18.0 Å². The van der Waals surface area contributed by atoms with Crippen molar-refractivity contribution >= 4 is 5.82 Å². The van der Waals surface area contributed by atoms with Gasteiger partial charge < -0.3 is 10.5 Å². The lowest BCUT2D eigenvalue weighted by Gasteiger charge is -2.10. The van der Waals surface area contributed by atoms with E-state index in [0.29, 0.717) is 17.3 Å². The molecule has 2 heterocycles. The molecule has 0 radical (unpaired) electrons. The number of nitrogens with zero attached hydrogens (tertiary/aromatic N) is 4. The van der Waals surface area contributed by atoms with E-state index in [9.17, 15) is 0 Å². The molecule has 6 nitrogen and oxygen atoms in total. The number of ether oxygens (including phenoxy) is 1. The van der Waals surface area contributed by atoms with Gasteiger partial charge in [0.25, 0.3) is 0 Å². The number of hydrogen-bond acceptors (Lipinski definition) is 5. The largest absolute Gasteiger partial charge is 0.494 e. The summed E-state index contributed by atoms with van der Waals surface area (Å²) in [5.74, 6) is 1.14. The maximum Gasteiger partial charge on any atom is 0.156 e. The van der Waals surface area contributed by atoms with Crippen LogP contribution in [0.3, 0.4) is 0 Å². The van der Waals surface area contributed by atoms with Crippen molar-refractivity contribution in [1.29, 1.82) is 0 Å². The molecule has 0 saturated carbocycles. The van der Waals surface area contributed by atoms with E-state index in [1.54, 1.807) is 24.2 Å². The van der Waals surface area contributed by atoms with Crippen molar-refractivity contribution in [1.82, 2.24) is 20.0 Å². The third kappa shape index (κ3) is 2.31. The van der Waals surface area contributed by atoms with Gasteiger partial charge >= 0.3 is 0 Å². The minimum atomic E-state index is 0.451. The lowest BCUT2D eigenvalue weighted by atomic mass is 10.2. The molecule has 6 heteroatoms. The van der Waals surface area contributed by atoms with E-state index in [1.807, 2.05) is 37.3 Å². The Kier molecular flexibility index (Phi) is 3.27. The molecule has 0 aliphatic heterocycles. The predicted octanol–water partition coefficient (Wildman–Crippen LogP) is 2.23. The van der Waals surface area contributed by atoms with Crippen LogP contribution in [0.5, 0.6) is 5.75 Å². The lowest BCUT2D eigenvalue weighted by molar-refractivity contribution is 0.411. The highest BCUT2D eigenvalue weighted by Crippen LogP contribution is 2.29. The molecule has 0 aliphatic rings. The summed E-state index contributed by atoms with van der Waals surface area (Å²) in [7, 11) is 1.61. The fourth-order valence-electron chi connectivity index (χ4n) is 2.14. The Hall–Kier alpha value is -2.89. The lowest BCUT2D eigenvalue weighted by Crippen LogP contribution is -2.04. The van der Waals surface area contributed by atoms with E-state index >= 15 is 0 Å². The van der Waals surface area contributed by atoms with E-state index in [-0.39, 0.29) is 0 Å². The second-order valence-electron chi connectivity index (χ2n) is 4.65. The number of aryl methyl sites for hydroxylation is 1. The standard InChI is InChI=1S/C15H15N5O/c1-10-5-6-13(21-2)12(8-10)20-15(16)14(18-19-20)11-4-3-7-17-9-11/h3-9H,16H2,1-2H3. The summed E-state index contributed by atoms with van der Waals surface area (Å²) < 4.78 is 6.95. The molecule has 0 saturated heterocycles. The highest BCUT2D eigenvalue weighted by molar-refractivity contribution is 5.70. The molecule has 2 N–H and O–H groups in total.